The first-order valence-corrected chi connectivity index (χ1v) is 6.86. The van der Waals surface area contributed by atoms with Crippen molar-refractivity contribution < 1.29 is 14.6 Å². The van der Waals surface area contributed by atoms with E-state index in [1.807, 2.05) is 29.2 Å². The van der Waals surface area contributed by atoms with Gasteiger partial charge in [-0.2, -0.15) is 0 Å². The molecule has 1 N–H and O–H groups in total. The van der Waals surface area contributed by atoms with E-state index in [0.717, 1.165) is 31.5 Å². The predicted molar refractivity (Wildman–Crippen MR) is 73.1 cm³/mol. The van der Waals surface area contributed by atoms with E-state index < -0.39 is 6.10 Å². The first-order valence-electron chi connectivity index (χ1n) is 6.86. The minimum absolute atomic E-state index is 0.0521. The van der Waals surface area contributed by atoms with Crippen molar-refractivity contribution in [2.45, 2.75) is 32.3 Å². The molecular formula is C15H21NO3. The van der Waals surface area contributed by atoms with E-state index in [-0.39, 0.29) is 12.5 Å². The van der Waals surface area contributed by atoms with Gasteiger partial charge >= 0.3 is 0 Å². The van der Waals surface area contributed by atoms with Gasteiger partial charge in [-0.05, 0) is 37.8 Å². The van der Waals surface area contributed by atoms with Crippen molar-refractivity contribution in [1.82, 2.24) is 4.90 Å². The fraction of sp³-hybridized carbons (Fsp3) is 0.533. The Kier molecular flexibility index (Phi) is 4.80. The molecule has 4 heteroatoms. The molecule has 1 unspecified atom stereocenters. The Hall–Kier alpha value is -1.55. The second-order valence-corrected chi connectivity index (χ2v) is 4.87. The second-order valence-electron chi connectivity index (χ2n) is 4.87. The van der Waals surface area contributed by atoms with Crippen molar-refractivity contribution >= 4 is 5.91 Å². The summed E-state index contributed by atoms with van der Waals surface area (Å²) in [6.45, 7) is 3.54. The smallest absolute Gasteiger partial charge is 0.263 e. The van der Waals surface area contributed by atoms with Gasteiger partial charge in [0, 0.05) is 19.7 Å². The number of rotatable bonds is 5. The van der Waals surface area contributed by atoms with Gasteiger partial charge in [-0.1, -0.05) is 18.2 Å². The summed E-state index contributed by atoms with van der Waals surface area (Å²) in [6, 6.07) is 7.55. The van der Waals surface area contributed by atoms with Gasteiger partial charge in [0.15, 0.2) is 6.10 Å². The van der Waals surface area contributed by atoms with Gasteiger partial charge in [-0.15, -0.1) is 0 Å². The first kappa shape index (κ1) is 13.9. The molecule has 1 aromatic rings. The van der Waals surface area contributed by atoms with Crippen LogP contribution in [0.3, 0.4) is 0 Å². The molecule has 0 aliphatic carbocycles. The van der Waals surface area contributed by atoms with Crippen LogP contribution in [0.25, 0.3) is 0 Å². The topological polar surface area (TPSA) is 49.8 Å². The van der Waals surface area contributed by atoms with E-state index in [0.29, 0.717) is 12.2 Å². The average molecular weight is 263 g/mol. The molecule has 0 bridgehead atoms. The normalized spacial score (nSPS) is 16.4. The number of carbonyl (C=O) groups excluding carboxylic acids is 1. The van der Waals surface area contributed by atoms with Crippen LogP contribution in [-0.4, -0.2) is 41.7 Å². The van der Waals surface area contributed by atoms with Crippen molar-refractivity contribution in [2.75, 3.05) is 19.7 Å². The molecule has 2 rings (SSSR count). The third-order valence-electron chi connectivity index (χ3n) is 3.42. The van der Waals surface area contributed by atoms with Crippen molar-refractivity contribution in [3.05, 3.63) is 29.8 Å². The van der Waals surface area contributed by atoms with Crippen LogP contribution >= 0.6 is 0 Å². The Morgan fingerprint density at radius 2 is 2.05 bits per heavy atom. The van der Waals surface area contributed by atoms with Crippen LogP contribution in [0.1, 0.15) is 25.3 Å². The summed E-state index contributed by atoms with van der Waals surface area (Å²) >= 11 is 0. The highest BCUT2D eigenvalue weighted by molar-refractivity contribution is 5.81. The van der Waals surface area contributed by atoms with E-state index in [2.05, 4.69) is 0 Å². The summed E-state index contributed by atoms with van der Waals surface area (Å²) in [6.07, 6.45) is 2.23. The van der Waals surface area contributed by atoms with Gasteiger partial charge < -0.3 is 14.7 Å². The fourth-order valence-corrected chi connectivity index (χ4v) is 2.38. The lowest BCUT2D eigenvalue weighted by Crippen LogP contribution is -2.38. The summed E-state index contributed by atoms with van der Waals surface area (Å²) in [7, 11) is 0. The molecule has 104 valence electrons. The molecule has 4 nitrogen and oxygen atoms in total. The van der Waals surface area contributed by atoms with Crippen molar-refractivity contribution in [3.63, 3.8) is 0 Å². The van der Waals surface area contributed by atoms with Gasteiger partial charge in [0.2, 0.25) is 0 Å². The lowest BCUT2D eigenvalue weighted by Gasteiger charge is -2.22. The lowest BCUT2D eigenvalue weighted by molar-refractivity contribution is -0.136. The Morgan fingerprint density at radius 1 is 1.37 bits per heavy atom. The highest BCUT2D eigenvalue weighted by Crippen LogP contribution is 2.21. The average Bonchev–Trinajstić information content (AvgIpc) is 2.94. The molecule has 1 heterocycles. The number of ether oxygens (including phenoxy) is 1. The van der Waals surface area contributed by atoms with E-state index in [1.54, 1.807) is 6.92 Å². The molecule has 0 saturated carbocycles. The van der Waals surface area contributed by atoms with Gasteiger partial charge in [0.05, 0.1) is 0 Å². The summed E-state index contributed by atoms with van der Waals surface area (Å²) in [4.78, 5) is 14.0. The third kappa shape index (κ3) is 3.47. The summed E-state index contributed by atoms with van der Waals surface area (Å²) in [5.74, 6) is 0.743. The number of benzene rings is 1. The minimum Gasteiger partial charge on any atom is -0.481 e. The zero-order valence-electron chi connectivity index (χ0n) is 11.3. The zero-order chi connectivity index (χ0) is 13.7. The number of hydrogen-bond acceptors (Lipinski definition) is 3. The maximum Gasteiger partial charge on any atom is 0.263 e. The number of aliphatic hydroxyl groups excluding tert-OH is 1. The van der Waals surface area contributed by atoms with Gasteiger partial charge in [0.1, 0.15) is 5.75 Å². The zero-order valence-corrected chi connectivity index (χ0v) is 11.3. The second kappa shape index (κ2) is 6.57. The van der Waals surface area contributed by atoms with Crippen LogP contribution in [0, 0.1) is 0 Å². The molecule has 0 aromatic heterocycles. The Morgan fingerprint density at radius 3 is 2.74 bits per heavy atom. The van der Waals surface area contributed by atoms with Crippen LogP contribution in [0.5, 0.6) is 5.75 Å². The van der Waals surface area contributed by atoms with Gasteiger partial charge in [0.25, 0.3) is 5.91 Å². The molecule has 1 amide bonds. The molecule has 1 aromatic carbocycles. The van der Waals surface area contributed by atoms with E-state index >= 15 is 0 Å². The summed E-state index contributed by atoms with van der Waals surface area (Å²) < 4.78 is 5.77. The Labute approximate surface area is 114 Å². The molecule has 1 aliphatic heterocycles. The van der Waals surface area contributed by atoms with Crippen LogP contribution in [0.15, 0.2) is 24.3 Å². The Balaban J connectivity index is 2.01. The minimum atomic E-state index is -0.474. The Bertz CT molecular complexity index is 427. The van der Waals surface area contributed by atoms with Gasteiger partial charge in [-0.3, -0.25) is 4.79 Å². The van der Waals surface area contributed by atoms with Crippen LogP contribution in [0.4, 0.5) is 0 Å². The van der Waals surface area contributed by atoms with Crippen LogP contribution in [-0.2, 0) is 11.2 Å². The number of aliphatic hydroxyl groups is 1. The molecule has 1 saturated heterocycles. The van der Waals surface area contributed by atoms with Crippen molar-refractivity contribution in [1.29, 1.82) is 0 Å². The van der Waals surface area contributed by atoms with Gasteiger partial charge in [-0.25, -0.2) is 0 Å². The molecule has 19 heavy (non-hydrogen) atoms. The number of amides is 1. The number of para-hydroxylation sites is 1. The number of carbonyl (C=O) groups is 1. The standard InChI is InChI=1S/C15H21NO3/c1-12(15(18)16-9-4-5-10-16)19-14-7-3-2-6-13(14)8-11-17/h2-3,6-7,12,17H,4-5,8-11H2,1H3. The largest absolute Gasteiger partial charge is 0.481 e. The van der Waals surface area contributed by atoms with Crippen molar-refractivity contribution in [3.8, 4) is 5.75 Å². The summed E-state index contributed by atoms with van der Waals surface area (Å²) in [5.41, 5.74) is 0.936. The molecule has 1 atom stereocenters. The third-order valence-corrected chi connectivity index (χ3v) is 3.42. The summed E-state index contributed by atoms with van der Waals surface area (Å²) in [5, 5.41) is 9.03. The molecule has 0 radical (unpaired) electrons. The molecular weight excluding hydrogens is 242 g/mol. The van der Waals surface area contributed by atoms with E-state index in [1.165, 1.54) is 0 Å². The first-order chi connectivity index (χ1) is 9.22. The maximum absolute atomic E-state index is 12.2. The highest BCUT2D eigenvalue weighted by atomic mass is 16.5. The molecule has 1 fully saturated rings. The molecule has 1 aliphatic rings. The van der Waals surface area contributed by atoms with Crippen molar-refractivity contribution in [2.24, 2.45) is 0 Å². The van der Waals surface area contributed by atoms with Crippen LogP contribution in [0.2, 0.25) is 0 Å². The van der Waals surface area contributed by atoms with E-state index in [9.17, 15) is 4.79 Å². The number of nitrogens with zero attached hydrogens (tertiary/aromatic N) is 1. The number of likely N-dealkylation sites (tertiary alicyclic amines) is 1. The maximum atomic E-state index is 12.2. The van der Waals surface area contributed by atoms with E-state index in [4.69, 9.17) is 9.84 Å². The molecule has 0 spiro atoms. The highest BCUT2D eigenvalue weighted by Gasteiger charge is 2.24. The monoisotopic (exact) mass is 263 g/mol. The predicted octanol–water partition coefficient (Wildman–Crippen LogP) is 1.61. The van der Waals surface area contributed by atoms with Crippen LogP contribution < -0.4 is 4.74 Å². The lowest BCUT2D eigenvalue weighted by atomic mass is 10.1. The number of hydrogen-bond donors (Lipinski definition) is 1. The quantitative estimate of drug-likeness (QED) is 0.878. The fourth-order valence-electron chi connectivity index (χ4n) is 2.38. The SMILES string of the molecule is CC(Oc1ccccc1CCO)C(=O)N1CCCC1.